The van der Waals surface area contributed by atoms with E-state index < -0.39 is 0 Å². The molecule has 1 aromatic carbocycles. The van der Waals surface area contributed by atoms with E-state index in [1.165, 1.54) is 0 Å². The lowest BCUT2D eigenvalue weighted by Gasteiger charge is -2.13. The SMILES string of the molecule is CN(C)c1ccc(NC(=O)CCCCCCS)cc1. The Bertz CT molecular complexity index is 376. The Kier molecular flexibility index (Phi) is 7.41. The van der Waals surface area contributed by atoms with Gasteiger partial charge in [0, 0.05) is 31.9 Å². The van der Waals surface area contributed by atoms with Gasteiger partial charge in [0.15, 0.2) is 0 Å². The topological polar surface area (TPSA) is 32.3 Å². The van der Waals surface area contributed by atoms with Gasteiger partial charge in [-0.3, -0.25) is 4.79 Å². The number of rotatable bonds is 8. The molecule has 0 saturated heterocycles. The lowest BCUT2D eigenvalue weighted by molar-refractivity contribution is -0.116. The molecular weight excluding hydrogens is 256 g/mol. The molecule has 0 aliphatic carbocycles. The minimum Gasteiger partial charge on any atom is -0.378 e. The number of unbranched alkanes of at least 4 members (excludes halogenated alkanes) is 3. The smallest absolute Gasteiger partial charge is 0.224 e. The first-order valence-corrected chi connectivity index (χ1v) is 7.45. The summed E-state index contributed by atoms with van der Waals surface area (Å²) >= 11 is 4.17. The number of anilines is 2. The number of nitrogens with zero attached hydrogens (tertiary/aromatic N) is 1. The number of carbonyl (C=O) groups excluding carboxylic acids is 1. The molecule has 1 amide bonds. The fourth-order valence-electron chi connectivity index (χ4n) is 1.82. The second kappa shape index (κ2) is 8.86. The van der Waals surface area contributed by atoms with E-state index in [0.717, 1.165) is 42.8 Å². The zero-order valence-electron chi connectivity index (χ0n) is 11.9. The van der Waals surface area contributed by atoms with Crippen molar-refractivity contribution in [1.29, 1.82) is 0 Å². The lowest BCUT2D eigenvalue weighted by atomic mass is 10.1. The highest BCUT2D eigenvalue weighted by Gasteiger charge is 2.02. The Morgan fingerprint density at radius 3 is 2.32 bits per heavy atom. The van der Waals surface area contributed by atoms with Gasteiger partial charge in [0.05, 0.1) is 0 Å². The van der Waals surface area contributed by atoms with E-state index in [2.05, 4.69) is 17.9 Å². The number of amides is 1. The molecule has 3 nitrogen and oxygen atoms in total. The number of nitrogens with one attached hydrogen (secondary N) is 1. The summed E-state index contributed by atoms with van der Waals surface area (Å²) in [5.74, 6) is 1.04. The van der Waals surface area contributed by atoms with Gasteiger partial charge in [-0.05, 0) is 42.9 Å². The van der Waals surface area contributed by atoms with Crippen LogP contribution in [-0.4, -0.2) is 25.8 Å². The maximum absolute atomic E-state index is 11.7. The average molecular weight is 280 g/mol. The number of benzene rings is 1. The highest BCUT2D eigenvalue weighted by atomic mass is 32.1. The van der Waals surface area contributed by atoms with Crippen molar-refractivity contribution in [3.05, 3.63) is 24.3 Å². The van der Waals surface area contributed by atoms with Crippen molar-refractivity contribution in [1.82, 2.24) is 0 Å². The molecule has 19 heavy (non-hydrogen) atoms. The summed E-state index contributed by atoms with van der Waals surface area (Å²) < 4.78 is 0. The van der Waals surface area contributed by atoms with Gasteiger partial charge < -0.3 is 10.2 Å². The summed E-state index contributed by atoms with van der Waals surface area (Å²) in [5, 5.41) is 2.93. The molecule has 0 aliphatic heterocycles. The van der Waals surface area contributed by atoms with Crippen LogP contribution in [0.25, 0.3) is 0 Å². The second-order valence-corrected chi connectivity index (χ2v) is 5.32. The highest BCUT2D eigenvalue weighted by Crippen LogP contribution is 2.16. The van der Waals surface area contributed by atoms with Crippen molar-refractivity contribution in [2.75, 3.05) is 30.1 Å². The second-order valence-electron chi connectivity index (χ2n) is 4.88. The highest BCUT2D eigenvalue weighted by molar-refractivity contribution is 7.80. The van der Waals surface area contributed by atoms with Crippen LogP contribution in [0.1, 0.15) is 32.1 Å². The Labute approximate surface area is 121 Å². The van der Waals surface area contributed by atoms with Crippen molar-refractivity contribution < 1.29 is 4.79 Å². The molecule has 0 aromatic heterocycles. The minimum absolute atomic E-state index is 0.100. The van der Waals surface area contributed by atoms with E-state index in [1.54, 1.807) is 0 Å². The summed E-state index contributed by atoms with van der Waals surface area (Å²) in [6.07, 6.45) is 4.95. The average Bonchev–Trinajstić information content (AvgIpc) is 2.39. The largest absolute Gasteiger partial charge is 0.378 e. The fraction of sp³-hybridized carbons (Fsp3) is 0.533. The van der Waals surface area contributed by atoms with Crippen LogP contribution in [0.2, 0.25) is 0 Å². The third kappa shape index (κ3) is 6.53. The number of hydrogen-bond donors (Lipinski definition) is 2. The molecule has 0 atom stereocenters. The Morgan fingerprint density at radius 1 is 1.11 bits per heavy atom. The van der Waals surface area contributed by atoms with Gasteiger partial charge >= 0.3 is 0 Å². The molecule has 106 valence electrons. The molecule has 1 aromatic rings. The van der Waals surface area contributed by atoms with Crippen LogP contribution in [0.15, 0.2) is 24.3 Å². The molecule has 0 radical (unpaired) electrons. The molecule has 4 heteroatoms. The van der Waals surface area contributed by atoms with Gasteiger partial charge in [0.1, 0.15) is 0 Å². The van der Waals surface area contributed by atoms with Crippen molar-refractivity contribution in [3.63, 3.8) is 0 Å². The predicted octanol–water partition coefficient (Wildman–Crippen LogP) is 3.57. The van der Waals surface area contributed by atoms with E-state index in [9.17, 15) is 4.79 Å². The maximum Gasteiger partial charge on any atom is 0.224 e. The van der Waals surface area contributed by atoms with Gasteiger partial charge in [-0.15, -0.1) is 0 Å². The minimum atomic E-state index is 0.100. The van der Waals surface area contributed by atoms with E-state index in [0.29, 0.717) is 6.42 Å². The van der Waals surface area contributed by atoms with Crippen LogP contribution in [0, 0.1) is 0 Å². The first-order valence-electron chi connectivity index (χ1n) is 6.81. The molecule has 0 aliphatic rings. The van der Waals surface area contributed by atoms with Crippen LogP contribution >= 0.6 is 12.6 Å². The van der Waals surface area contributed by atoms with E-state index >= 15 is 0 Å². The number of thiol groups is 1. The first-order chi connectivity index (χ1) is 9.13. The molecule has 1 rings (SSSR count). The first kappa shape index (κ1) is 15.9. The van der Waals surface area contributed by atoms with Crippen molar-refractivity contribution in [2.45, 2.75) is 32.1 Å². The third-order valence-corrected chi connectivity index (χ3v) is 3.30. The zero-order valence-corrected chi connectivity index (χ0v) is 12.7. The van der Waals surface area contributed by atoms with Crippen LogP contribution in [-0.2, 0) is 4.79 Å². The fourth-order valence-corrected chi connectivity index (χ4v) is 2.04. The number of hydrogen-bond acceptors (Lipinski definition) is 3. The van der Waals surface area contributed by atoms with Crippen molar-refractivity contribution in [2.24, 2.45) is 0 Å². The van der Waals surface area contributed by atoms with Gasteiger partial charge in [0.2, 0.25) is 5.91 Å². The normalized spacial score (nSPS) is 10.3. The summed E-state index contributed by atoms with van der Waals surface area (Å²) in [7, 11) is 4.00. The van der Waals surface area contributed by atoms with Crippen molar-refractivity contribution >= 4 is 29.9 Å². The molecule has 0 bridgehead atoms. The standard InChI is InChI=1S/C15H24N2OS/c1-17(2)14-10-8-13(9-11-14)16-15(18)7-5-3-4-6-12-19/h8-11,19H,3-7,12H2,1-2H3,(H,16,18). The van der Waals surface area contributed by atoms with Crippen LogP contribution in [0.4, 0.5) is 11.4 Å². The molecule has 0 spiro atoms. The molecule has 0 heterocycles. The van der Waals surface area contributed by atoms with Crippen LogP contribution in [0.3, 0.4) is 0 Å². The zero-order chi connectivity index (χ0) is 14.1. The summed E-state index contributed by atoms with van der Waals surface area (Å²) in [6, 6.07) is 7.88. The molecule has 0 saturated carbocycles. The van der Waals surface area contributed by atoms with E-state index in [1.807, 2.05) is 43.3 Å². The van der Waals surface area contributed by atoms with Crippen molar-refractivity contribution in [3.8, 4) is 0 Å². The van der Waals surface area contributed by atoms with Crippen LogP contribution < -0.4 is 10.2 Å². The molecule has 0 unspecified atom stereocenters. The summed E-state index contributed by atoms with van der Waals surface area (Å²) in [6.45, 7) is 0. The van der Waals surface area contributed by atoms with E-state index in [-0.39, 0.29) is 5.91 Å². The van der Waals surface area contributed by atoms with Gasteiger partial charge in [-0.25, -0.2) is 0 Å². The van der Waals surface area contributed by atoms with Gasteiger partial charge in [-0.1, -0.05) is 12.8 Å². The Morgan fingerprint density at radius 2 is 1.74 bits per heavy atom. The molecule has 1 N–H and O–H groups in total. The van der Waals surface area contributed by atoms with Crippen LogP contribution in [0.5, 0.6) is 0 Å². The van der Waals surface area contributed by atoms with Gasteiger partial charge in [-0.2, -0.15) is 12.6 Å². The van der Waals surface area contributed by atoms with E-state index in [4.69, 9.17) is 0 Å². The predicted molar refractivity (Wildman–Crippen MR) is 86.3 cm³/mol. The maximum atomic E-state index is 11.7. The Balaban J connectivity index is 2.28. The molecular formula is C15H24N2OS. The molecule has 0 fully saturated rings. The quantitative estimate of drug-likeness (QED) is 0.563. The third-order valence-electron chi connectivity index (χ3n) is 2.98. The Hall–Kier alpha value is -1.16. The van der Waals surface area contributed by atoms with Gasteiger partial charge in [0.25, 0.3) is 0 Å². The lowest BCUT2D eigenvalue weighted by Crippen LogP contribution is -2.12. The number of carbonyl (C=O) groups is 1. The summed E-state index contributed by atoms with van der Waals surface area (Å²) in [5.41, 5.74) is 2.00. The summed E-state index contributed by atoms with van der Waals surface area (Å²) in [4.78, 5) is 13.8. The monoisotopic (exact) mass is 280 g/mol.